The summed E-state index contributed by atoms with van der Waals surface area (Å²) in [4.78, 5) is 13.1. The molecule has 8 nitrogen and oxygen atoms in total. The molecule has 4 heterocycles. The van der Waals surface area contributed by atoms with Crippen molar-refractivity contribution in [2.24, 2.45) is 0 Å². The van der Waals surface area contributed by atoms with Crippen LogP contribution in [0.3, 0.4) is 0 Å². The number of nitrogens with zero attached hydrogens (tertiary/aromatic N) is 6. The van der Waals surface area contributed by atoms with Crippen molar-refractivity contribution < 1.29 is 8.42 Å². The fourth-order valence-electron chi connectivity index (χ4n) is 3.12. The van der Waals surface area contributed by atoms with E-state index in [2.05, 4.69) is 20.1 Å². The highest BCUT2D eigenvalue weighted by Crippen LogP contribution is 2.24. The second-order valence-corrected chi connectivity index (χ2v) is 8.40. The molecule has 9 heteroatoms. The first-order valence-electron chi connectivity index (χ1n) is 8.43. The van der Waals surface area contributed by atoms with Crippen LogP contribution in [0.15, 0.2) is 72.3 Å². The van der Waals surface area contributed by atoms with E-state index in [4.69, 9.17) is 0 Å². The fourth-order valence-corrected chi connectivity index (χ4v) is 3.75. The van der Waals surface area contributed by atoms with Crippen LogP contribution in [0, 0.1) is 0 Å². The lowest BCUT2D eigenvalue weighted by atomic mass is 10.2. The highest BCUT2D eigenvalue weighted by atomic mass is 32.2. The summed E-state index contributed by atoms with van der Waals surface area (Å²) in [7, 11) is -3.24. The van der Waals surface area contributed by atoms with Gasteiger partial charge < -0.3 is 0 Å². The molecule has 0 aliphatic carbocycles. The second kappa shape index (κ2) is 5.96. The van der Waals surface area contributed by atoms with Crippen LogP contribution in [0.1, 0.15) is 0 Å². The van der Waals surface area contributed by atoms with E-state index in [9.17, 15) is 8.42 Å². The van der Waals surface area contributed by atoms with E-state index < -0.39 is 9.84 Å². The maximum Gasteiger partial charge on any atom is 0.253 e. The Morgan fingerprint density at radius 1 is 0.929 bits per heavy atom. The van der Waals surface area contributed by atoms with Crippen molar-refractivity contribution in [3.8, 4) is 17.2 Å². The van der Waals surface area contributed by atoms with Gasteiger partial charge in [-0.1, -0.05) is 12.1 Å². The van der Waals surface area contributed by atoms with Gasteiger partial charge in [-0.15, -0.1) is 5.10 Å². The molecule has 0 amide bonds. The summed E-state index contributed by atoms with van der Waals surface area (Å²) in [6, 6.07) is 12.5. The summed E-state index contributed by atoms with van der Waals surface area (Å²) < 4.78 is 27.0. The van der Waals surface area contributed by atoms with Crippen LogP contribution in [0.25, 0.3) is 33.8 Å². The van der Waals surface area contributed by atoms with Gasteiger partial charge in [0.05, 0.1) is 34.0 Å². The Kier molecular flexibility index (Phi) is 3.53. The molecular formula is C19H14N6O2S. The zero-order valence-corrected chi connectivity index (χ0v) is 15.6. The quantitative estimate of drug-likeness (QED) is 0.470. The summed E-state index contributed by atoms with van der Waals surface area (Å²) in [6.45, 7) is 0. The van der Waals surface area contributed by atoms with Crippen LogP contribution < -0.4 is 0 Å². The largest absolute Gasteiger partial charge is 0.266 e. The molecule has 0 bridgehead atoms. The van der Waals surface area contributed by atoms with Gasteiger partial charge in [-0.05, 0) is 30.3 Å². The molecule has 0 spiro atoms. The van der Waals surface area contributed by atoms with Gasteiger partial charge in [0.25, 0.3) is 5.95 Å². The number of pyridine rings is 1. The Bertz CT molecular complexity index is 1430. The number of fused-ring (bicyclic) bond motifs is 2. The average Bonchev–Trinajstić information content (AvgIpc) is 3.31. The van der Waals surface area contributed by atoms with E-state index in [1.54, 1.807) is 58.3 Å². The fraction of sp³-hybridized carbons (Fsp3) is 0.0526. The monoisotopic (exact) mass is 390 g/mol. The SMILES string of the molecule is CS(=O)(=O)c1ccc(-c2ccc3cnc(-n4cnc5cnccc54)nn23)cc1. The van der Waals surface area contributed by atoms with Crippen LogP contribution in [0.5, 0.6) is 0 Å². The molecule has 28 heavy (non-hydrogen) atoms. The van der Waals surface area contributed by atoms with Crippen molar-refractivity contribution in [3.63, 3.8) is 0 Å². The Morgan fingerprint density at radius 3 is 2.54 bits per heavy atom. The third-order valence-electron chi connectivity index (χ3n) is 4.53. The Balaban J connectivity index is 1.65. The lowest BCUT2D eigenvalue weighted by molar-refractivity contribution is 0.602. The summed E-state index contributed by atoms with van der Waals surface area (Å²) in [5, 5.41) is 4.67. The van der Waals surface area contributed by atoms with Crippen LogP contribution in [-0.2, 0) is 9.84 Å². The van der Waals surface area contributed by atoms with E-state index in [0.29, 0.717) is 5.95 Å². The normalized spacial score (nSPS) is 12.0. The highest BCUT2D eigenvalue weighted by Gasteiger charge is 2.12. The van der Waals surface area contributed by atoms with E-state index in [-0.39, 0.29) is 4.90 Å². The Hall–Kier alpha value is -3.59. The molecule has 0 fully saturated rings. The molecule has 5 rings (SSSR count). The van der Waals surface area contributed by atoms with Crippen molar-refractivity contribution in [3.05, 3.63) is 67.4 Å². The van der Waals surface area contributed by atoms with Crippen LogP contribution in [0.2, 0.25) is 0 Å². The lowest BCUT2D eigenvalue weighted by Crippen LogP contribution is -2.05. The zero-order valence-electron chi connectivity index (χ0n) is 14.8. The van der Waals surface area contributed by atoms with Gasteiger partial charge in [-0.3, -0.25) is 9.55 Å². The summed E-state index contributed by atoms with van der Waals surface area (Å²) in [5.74, 6) is 0.478. The molecule has 0 aliphatic heterocycles. The minimum absolute atomic E-state index is 0.283. The average molecular weight is 390 g/mol. The summed E-state index contributed by atoms with van der Waals surface area (Å²) >= 11 is 0. The third kappa shape index (κ3) is 2.64. The molecule has 5 aromatic rings. The number of rotatable bonds is 3. The molecule has 4 aromatic heterocycles. The Labute approximate surface area is 160 Å². The smallest absolute Gasteiger partial charge is 0.253 e. The molecule has 0 radical (unpaired) electrons. The molecule has 1 aromatic carbocycles. The van der Waals surface area contributed by atoms with Crippen molar-refractivity contribution in [1.82, 2.24) is 29.1 Å². The number of benzene rings is 1. The van der Waals surface area contributed by atoms with Crippen LogP contribution in [0.4, 0.5) is 0 Å². The summed E-state index contributed by atoms with van der Waals surface area (Å²) in [6.07, 6.45) is 7.98. The maximum absolute atomic E-state index is 11.7. The van der Waals surface area contributed by atoms with E-state index in [1.807, 2.05) is 18.2 Å². The van der Waals surface area contributed by atoms with Crippen molar-refractivity contribution in [2.45, 2.75) is 4.90 Å². The van der Waals surface area contributed by atoms with Gasteiger partial charge in [0.15, 0.2) is 9.84 Å². The Morgan fingerprint density at radius 2 is 1.75 bits per heavy atom. The molecule has 0 atom stereocenters. The second-order valence-electron chi connectivity index (χ2n) is 6.39. The molecule has 138 valence electrons. The van der Waals surface area contributed by atoms with Crippen molar-refractivity contribution >= 4 is 26.4 Å². The molecular weight excluding hydrogens is 376 g/mol. The molecule has 0 saturated heterocycles. The number of sulfone groups is 1. The first-order chi connectivity index (χ1) is 13.5. The highest BCUT2D eigenvalue weighted by molar-refractivity contribution is 7.90. The first-order valence-corrected chi connectivity index (χ1v) is 10.3. The molecule has 0 N–H and O–H groups in total. The lowest BCUT2D eigenvalue weighted by Gasteiger charge is -2.06. The number of aromatic nitrogens is 6. The number of imidazole rings is 1. The first kappa shape index (κ1) is 16.6. The van der Waals surface area contributed by atoms with Gasteiger partial charge in [0.2, 0.25) is 0 Å². The van der Waals surface area contributed by atoms with E-state index in [1.165, 1.54) is 6.26 Å². The zero-order chi connectivity index (χ0) is 19.3. The number of hydrogen-bond acceptors (Lipinski definition) is 6. The predicted molar refractivity (Wildman–Crippen MR) is 104 cm³/mol. The van der Waals surface area contributed by atoms with Gasteiger partial charge >= 0.3 is 0 Å². The van der Waals surface area contributed by atoms with E-state index >= 15 is 0 Å². The van der Waals surface area contributed by atoms with Crippen molar-refractivity contribution in [2.75, 3.05) is 6.26 Å². The standard InChI is InChI=1S/C19H14N6O2S/c1-28(26,27)15-5-2-13(3-6-15)17-7-4-14-10-21-19(23-25(14)17)24-12-22-16-11-20-9-8-18(16)24/h2-12H,1H3. The van der Waals surface area contributed by atoms with Crippen LogP contribution in [-0.4, -0.2) is 43.8 Å². The van der Waals surface area contributed by atoms with Gasteiger partial charge in [-0.25, -0.2) is 22.9 Å². The minimum Gasteiger partial charge on any atom is -0.266 e. The molecule has 0 unspecified atom stereocenters. The molecule has 0 saturated carbocycles. The van der Waals surface area contributed by atoms with Gasteiger partial charge in [-0.2, -0.15) is 0 Å². The van der Waals surface area contributed by atoms with Gasteiger partial charge in [0, 0.05) is 18.0 Å². The van der Waals surface area contributed by atoms with Crippen molar-refractivity contribution in [1.29, 1.82) is 0 Å². The topological polar surface area (TPSA) is 95.0 Å². The maximum atomic E-state index is 11.7. The molecule has 0 aliphatic rings. The van der Waals surface area contributed by atoms with E-state index in [0.717, 1.165) is 27.8 Å². The minimum atomic E-state index is -3.24. The van der Waals surface area contributed by atoms with Gasteiger partial charge in [0.1, 0.15) is 11.8 Å². The summed E-state index contributed by atoms with van der Waals surface area (Å²) in [5.41, 5.74) is 4.15. The third-order valence-corrected chi connectivity index (χ3v) is 5.66. The predicted octanol–water partition coefficient (Wildman–Crippen LogP) is 2.53. The number of hydrogen-bond donors (Lipinski definition) is 0. The van der Waals surface area contributed by atoms with Crippen LogP contribution >= 0.6 is 0 Å².